The van der Waals surface area contributed by atoms with Crippen LogP contribution in [0.1, 0.15) is 155 Å². The molecule has 3 heterocycles. The molecule has 3 atom stereocenters. The Bertz CT molecular complexity index is 1070. The molecule has 0 bridgehead atoms. The fraction of sp³-hybridized carbons (Fsp3) is 0.595. The van der Waals surface area contributed by atoms with Crippen LogP contribution in [0.15, 0.2) is 41.0 Å². The summed E-state index contributed by atoms with van der Waals surface area (Å²) in [6.45, 7) is 15.0. The standard InChI is InChI=1S/2C12H17N.C11H14BrN.C2H6/c2*1-3-10-5-4-6-11-8-7-9(2)13-12(10)11;1-2-8-4-3-5-9-6-7-10(12)13-11(8)9;1-2/h2*7-8,10H,3-6H2,1-2H3;6-8H,2-5H2,1H3;1-2H3. The summed E-state index contributed by atoms with van der Waals surface area (Å²) in [6, 6.07) is 13.1. The van der Waals surface area contributed by atoms with Gasteiger partial charge in [-0.2, -0.15) is 0 Å². The van der Waals surface area contributed by atoms with Gasteiger partial charge in [-0.3, -0.25) is 9.97 Å². The monoisotopic (exact) mass is 619 g/mol. The van der Waals surface area contributed by atoms with Crippen molar-refractivity contribution < 1.29 is 0 Å². The van der Waals surface area contributed by atoms with E-state index in [0.717, 1.165) is 16.4 Å². The number of pyridine rings is 3. The second-order valence-corrected chi connectivity index (χ2v) is 12.5. The van der Waals surface area contributed by atoms with Crippen molar-refractivity contribution in [3.63, 3.8) is 0 Å². The molecule has 0 N–H and O–H groups in total. The van der Waals surface area contributed by atoms with Gasteiger partial charge in [-0.15, -0.1) is 0 Å². The molecular formula is C37H54BrN3. The van der Waals surface area contributed by atoms with E-state index in [-0.39, 0.29) is 0 Å². The molecule has 0 saturated heterocycles. The van der Waals surface area contributed by atoms with Gasteiger partial charge in [0.05, 0.1) is 0 Å². The van der Waals surface area contributed by atoms with Gasteiger partial charge in [0.1, 0.15) is 4.60 Å². The summed E-state index contributed by atoms with van der Waals surface area (Å²) in [5.41, 5.74) is 10.9. The number of nitrogens with zero attached hydrogens (tertiary/aromatic N) is 3. The van der Waals surface area contributed by atoms with E-state index in [1.54, 1.807) is 0 Å². The molecule has 0 aromatic carbocycles. The number of fused-ring (bicyclic) bond motifs is 3. The summed E-state index contributed by atoms with van der Waals surface area (Å²) < 4.78 is 0.978. The minimum absolute atomic E-state index is 0.696. The number of aromatic nitrogens is 3. The highest BCUT2D eigenvalue weighted by Gasteiger charge is 2.21. The summed E-state index contributed by atoms with van der Waals surface area (Å²) in [7, 11) is 0. The van der Waals surface area contributed by atoms with Crippen LogP contribution in [0, 0.1) is 13.8 Å². The Balaban J connectivity index is 0.000000164. The minimum Gasteiger partial charge on any atom is -0.258 e. The Morgan fingerprint density at radius 3 is 1.27 bits per heavy atom. The lowest BCUT2D eigenvalue weighted by atomic mass is 9.85. The van der Waals surface area contributed by atoms with Crippen molar-refractivity contribution in [3.8, 4) is 0 Å². The molecule has 0 spiro atoms. The van der Waals surface area contributed by atoms with Crippen molar-refractivity contribution >= 4 is 15.9 Å². The van der Waals surface area contributed by atoms with Crippen LogP contribution in [-0.2, 0) is 19.3 Å². The van der Waals surface area contributed by atoms with Crippen LogP contribution in [0.3, 0.4) is 0 Å². The van der Waals surface area contributed by atoms with Crippen molar-refractivity contribution in [2.45, 2.75) is 143 Å². The topological polar surface area (TPSA) is 38.7 Å². The smallest absolute Gasteiger partial charge is 0.106 e. The third-order valence-electron chi connectivity index (χ3n) is 8.92. The first-order chi connectivity index (χ1) is 19.9. The number of hydrogen-bond acceptors (Lipinski definition) is 3. The highest BCUT2D eigenvalue weighted by Crippen LogP contribution is 2.34. The Hall–Kier alpha value is -2.07. The van der Waals surface area contributed by atoms with Gasteiger partial charge >= 0.3 is 0 Å². The van der Waals surface area contributed by atoms with Crippen LogP contribution < -0.4 is 0 Å². The fourth-order valence-electron chi connectivity index (χ4n) is 6.60. The minimum atomic E-state index is 0.696. The summed E-state index contributed by atoms with van der Waals surface area (Å²) in [6.07, 6.45) is 15.4. The van der Waals surface area contributed by atoms with Crippen LogP contribution in [0.4, 0.5) is 0 Å². The van der Waals surface area contributed by atoms with E-state index in [4.69, 9.17) is 0 Å². The third-order valence-corrected chi connectivity index (χ3v) is 9.36. The first-order valence-corrected chi connectivity index (χ1v) is 17.3. The highest BCUT2D eigenvalue weighted by atomic mass is 79.9. The zero-order valence-corrected chi connectivity index (χ0v) is 28.5. The molecule has 6 rings (SSSR count). The quantitative estimate of drug-likeness (QED) is 0.274. The number of aryl methyl sites for hydroxylation is 5. The number of rotatable bonds is 3. The fourth-order valence-corrected chi connectivity index (χ4v) is 6.93. The Morgan fingerprint density at radius 2 is 0.902 bits per heavy atom. The van der Waals surface area contributed by atoms with Gasteiger partial charge in [0.2, 0.25) is 0 Å². The maximum atomic E-state index is 4.67. The Kier molecular flexibility index (Phi) is 14.0. The zero-order valence-electron chi connectivity index (χ0n) is 26.9. The van der Waals surface area contributed by atoms with E-state index in [2.05, 4.69) is 102 Å². The molecule has 0 fully saturated rings. The predicted molar refractivity (Wildman–Crippen MR) is 179 cm³/mol. The van der Waals surface area contributed by atoms with Gasteiger partial charge in [-0.05, 0) is 142 Å². The summed E-state index contributed by atoms with van der Waals surface area (Å²) in [4.78, 5) is 13.9. The van der Waals surface area contributed by atoms with Crippen LogP contribution in [0.5, 0.6) is 0 Å². The molecule has 3 aromatic heterocycles. The van der Waals surface area contributed by atoms with Crippen molar-refractivity contribution in [1.29, 1.82) is 0 Å². The first kappa shape index (κ1) is 33.4. The molecule has 0 radical (unpaired) electrons. The molecule has 3 unspecified atom stereocenters. The Morgan fingerprint density at radius 1 is 0.561 bits per heavy atom. The first-order valence-electron chi connectivity index (χ1n) is 16.5. The largest absolute Gasteiger partial charge is 0.258 e. The molecule has 3 aliphatic rings. The molecule has 0 saturated carbocycles. The maximum absolute atomic E-state index is 4.67. The van der Waals surface area contributed by atoms with Gasteiger partial charge in [-0.25, -0.2) is 4.98 Å². The SMILES string of the molecule is CC.CCC1CCCc2ccc(Br)nc21.CCC1CCCc2ccc(C)nc21.CCC1CCCc2ccc(C)nc21. The van der Waals surface area contributed by atoms with Crippen LogP contribution in [0.25, 0.3) is 0 Å². The van der Waals surface area contributed by atoms with E-state index >= 15 is 0 Å². The molecule has 3 nitrogen and oxygen atoms in total. The number of hydrogen-bond donors (Lipinski definition) is 0. The van der Waals surface area contributed by atoms with Crippen molar-refractivity contribution in [3.05, 3.63) is 86.2 Å². The second-order valence-electron chi connectivity index (χ2n) is 11.7. The number of halogens is 1. The lowest BCUT2D eigenvalue weighted by Gasteiger charge is -2.23. The lowest BCUT2D eigenvalue weighted by molar-refractivity contribution is 0.524. The van der Waals surface area contributed by atoms with E-state index in [0.29, 0.717) is 5.92 Å². The van der Waals surface area contributed by atoms with Gasteiger partial charge < -0.3 is 0 Å². The van der Waals surface area contributed by atoms with E-state index in [1.807, 2.05) is 13.8 Å². The molecule has 224 valence electrons. The summed E-state index contributed by atoms with van der Waals surface area (Å²) >= 11 is 3.44. The van der Waals surface area contributed by atoms with E-state index in [9.17, 15) is 0 Å². The summed E-state index contributed by atoms with van der Waals surface area (Å²) in [5, 5.41) is 0. The second kappa shape index (κ2) is 17.1. The molecule has 0 amide bonds. The molecule has 0 aliphatic heterocycles. The lowest BCUT2D eigenvalue weighted by Crippen LogP contribution is -2.11. The highest BCUT2D eigenvalue weighted by molar-refractivity contribution is 9.10. The summed E-state index contributed by atoms with van der Waals surface area (Å²) in [5.74, 6) is 2.15. The van der Waals surface area contributed by atoms with Crippen molar-refractivity contribution in [1.82, 2.24) is 15.0 Å². The van der Waals surface area contributed by atoms with Gasteiger partial charge in [0.15, 0.2) is 0 Å². The average molecular weight is 621 g/mol. The third kappa shape index (κ3) is 9.21. The van der Waals surface area contributed by atoms with Crippen molar-refractivity contribution in [2.24, 2.45) is 0 Å². The molecule has 3 aliphatic carbocycles. The van der Waals surface area contributed by atoms with Crippen LogP contribution in [-0.4, -0.2) is 15.0 Å². The van der Waals surface area contributed by atoms with E-state index < -0.39 is 0 Å². The van der Waals surface area contributed by atoms with Gasteiger partial charge in [0, 0.05) is 46.2 Å². The zero-order chi connectivity index (χ0) is 29.8. The molecule has 3 aromatic rings. The predicted octanol–water partition coefficient (Wildman–Crippen LogP) is 11.1. The molecular weight excluding hydrogens is 566 g/mol. The van der Waals surface area contributed by atoms with Gasteiger partial charge in [-0.1, -0.05) is 52.8 Å². The van der Waals surface area contributed by atoms with Crippen LogP contribution in [0.2, 0.25) is 0 Å². The van der Waals surface area contributed by atoms with Gasteiger partial charge in [0.25, 0.3) is 0 Å². The maximum Gasteiger partial charge on any atom is 0.106 e. The van der Waals surface area contributed by atoms with Crippen LogP contribution >= 0.6 is 15.9 Å². The average Bonchev–Trinajstić information content (AvgIpc) is 3.01. The molecule has 4 heteroatoms. The van der Waals surface area contributed by atoms with Crippen molar-refractivity contribution in [2.75, 3.05) is 0 Å². The Labute approximate surface area is 259 Å². The normalized spacial score (nSPS) is 20.3. The molecule has 41 heavy (non-hydrogen) atoms. The van der Waals surface area contributed by atoms with E-state index in [1.165, 1.54) is 122 Å².